The maximum atomic E-state index is 12.3. The van der Waals surface area contributed by atoms with Gasteiger partial charge in [0.1, 0.15) is 18.1 Å². The fourth-order valence-corrected chi connectivity index (χ4v) is 3.99. The van der Waals surface area contributed by atoms with Crippen LogP contribution in [0, 0.1) is 5.92 Å². The molecule has 3 nitrogen and oxygen atoms in total. The van der Waals surface area contributed by atoms with Crippen molar-refractivity contribution in [2.75, 3.05) is 6.61 Å². The van der Waals surface area contributed by atoms with E-state index in [1.165, 1.54) is 32.1 Å². The van der Waals surface area contributed by atoms with Crippen molar-refractivity contribution in [3.05, 3.63) is 71.8 Å². The van der Waals surface area contributed by atoms with Crippen molar-refractivity contribution >= 4 is 16.6 Å². The Bertz CT molecular complexity index is 1020. The summed E-state index contributed by atoms with van der Waals surface area (Å²) in [5.74, 6) is 2.40. The van der Waals surface area contributed by atoms with Gasteiger partial charge in [0.2, 0.25) is 0 Å². The molecule has 0 N–H and O–H groups in total. The summed E-state index contributed by atoms with van der Waals surface area (Å²) in [7, 11) is 0. The molecule has 0 radical (unpaired) electrons. The van der Waals surface area contributed by atoms with Gasteiger partial charge in [-0.15, -0.1) is 0 Å². The quantitative estimate of drug-likeness (QED) is 0.168. The van der Waals surface area contributed by atoms with E-state index in [9.17, 15) is 4.79 Å². The molecule has 3 aromatic rings. The van der Waals surface area contributed by atoms with Gasteiger partial charge in [-0.1, -0.05) is 95.7 Å². The summed E-state index contributed by atoms with van der Waals surface area (Å²) >= 11 is 0. The van der Waals surface area contributed by atoms with E-state index in [-0.39, 0.29) is 5.78 Å². The summed E-state index contributed by atoms with van der Waals surface area (Å²) in [6, 6.07) is 20.2. The molecule has 0 saturated carbocycles. The normalized spacial score (nSPS) is 12.0. The minimum atomic E-state index is 0.215. The zero-order valence-corrected chi connectivity index (χ0v) is 21.1. The van der Waals surface area contributed by atoms with Gasteiger partial charge in [-0.05, 0) is 52.9 Å². The molecule has 0 heterocycles. The summed E-state index contributed by atoms with van der Waals surface area (Å²) in [5.41, 5.74) is 1.84. The van der Waals surface area contributed by atoms with Crippen molar-refractivity contribution in [1.29, 1.82) is 0 Å². The third-order valence-corrected chi connectivity index (χ3v) is 6.46. The number of benzene rings is 3. The van der Waals surface area contributed by atoms with Crippen LogP contribution in [0.5, 0.6) is 11.5 Å². The molecular weight excluding hydrogens is 420 g/mol. The molecule has 34 heavy (non-hydrogen) atoms. The second kappa shape index (κ2) is 13.8. The molecule has 0 aliphatic rings. The lowest BCUT2D eigenvalue weighted by Crippen LogP contribution is -2.05. The summed E-state index contributed by atoms with van der Waals surface area (Å²) < 4.78 is 12.0. The Labute approximate surface area is 205 Å². The second-order valence-corrected chi connectivity index (χ2v) is 9.41. The Hall–Kier alpha value is -2.81. The van der Waals surface area contributed by atoms with Crippen LogP contribution in [0.3, 0.4) is 0 Å². The van der Waals surface area contributed by atoms with Gasteiger partial charge in [0.15, 0.2) is 5.78 Å². The lowest BCUT2D eigenvalue weighted by Gasteiger charge is -2.10. The average molecular weight is 461 g/mol. The maximum Gasteiger partial charge on any atom is 0.163 e. The molecule has 0 unspecified atom stereocenters. The highest BCUT2D eigenvalue weighted by Crippen LogP contribution is 2.26. The van der Waals surface area contributed by atoms with Gasteiger partial charge in [0, 0.05) is 12.0 Å². The SMILES string of the molecule is CCCCCCCCOc1ccc2cc(OCc3ccc(C(=O)C[C@H](C)CC)cc3)ccc2c1. The zero-order chi connectivity index (χ0) is 24.2. The van der Waals surface area contributed by atoms with Crippen LogP contribution in [0.25, 0.3) is 10.8 Å². The molecule has 1 atom stereocenters. The van der Waals surface area contributed by atoms with Crippen LogP contribution < -0.4 is 9.47 Å². The minimum Gasteiger partial charge on any atom is -0.494 e. The number of rotatable bonds is 15. The minimum absolute atomic E-state index is 0.215. The largest absolute Gasteiger partial charge is 0.494 e. The van der Waals surface area contributed by atoms with E-state index in [1.54, 1.807) is 0 Å². The van der Waals surface area contributed by atoms with E-state index in [0.29, 0.717) is 18.9 Å². The highest BCUT2D eigenvalue weighted by Gasteiger charge is 2.10. The molecule has 0 bridgehead atoms. The van der Waals surface area contributed by atoms with Crippen molar-refractivity contribution in [2.24, 2.45) is 5.92 Å². The van der Waals surface area contributed by atoms with Crippen LogP contribution in [0.15, 0.2) is 60.7 Å². The van der Waals surface area contributed by atoms with Gasteiger partial charge in [-0.2, -0.15) is 0 Å². The van der Waals surface area contributed by atoms with Crippen LogP contribution in [0.4, 0.5) is 0 Å². The van der Waals surface area contributed by atoms with Gasteiger partial charge in [-0.3, -0.25) is 4.79 Å². The van der Waals surface area contributed by atoms with Gasteiger partial charge in [0.25, 0.3) is 0 Å². The van der Waals surface area contributed by atoms with Gasteiger partial charge in [-0.25, -0.2) is 0 Å². The Morgan fingerprint density at radius 3 is 2.03 bits per heavy atom. The standard InChI is InChI=1S/C31H40O3/c1-4-6-7-8-9-10-19-33-29-17-15-28-22-30(18-16-27(28)21-29)34-23-25-11-13-26(14-12-25)31(32)20-24(3)5-2/h11-18,21-22,24H,4-10,19-20,23H2,1-3H3/t24-/m1/s1. The van der Waals surface area contributed by atoms with Crippen molar-refractivity contribution in [2.45, 2.75) is 78.7 Å². The lowest BCUT2D eigenvalue weighted by atomic mass is 9.97. The molecule has 0 aliphatic heterocycles. The van der Waals surface area contributed by atoms with Gasteiger partial charge < -0.3 is 9.47 Å². The van der Waals surface area contributed by atoms with Crippen LogP contribution in [-0.2, 0) is 6.61 Å². The predicted octanol–water partition coefficient (Wildman–Crippen LogP) is 8.78. The molecule has 0 spiro atoms. The summed E-state index contributed by atoms with van der Waals surface area (Å²) in [5, 5.41) is 2.28. The smallest absolute Gasteiger partial charge is 0.163 e. The van der Waals surface area contributed by atoms with Crippen molar-refractivity contribution in [3.8, 4) is 11.5 Å². The molecule has 0 aliphatic carbocycles. The monoisotopic (exact) mass is 460 g/mol. The van der Waals surface area contributed by atoms with E-state index in [1.807, 2.05) is 36.4 Å². The first kappa shape index (κ1) is 25.8. The highest BCUT2D eigenvalue weighted by atomic mass is 16.5. The number of hydrogen-bond donors (Lipinski definition) is 0. The Morgan fingerprint density at radius 1 is 0.765 bits per heavy atom. The van der Waals surface area contributed by atoms with E-state index < -0.39 is 0 Å². The van der Waals surface area contributed by atoms with Crippen LogP contribution in [0.1, 0.15) is 88.1 Å². The fraction of sp³-hybridized carbons (Fsp3) is 0.452. The predicted molar refractivity (Wildman–Crippen MR) is 142 cm³/mol. The molecule has 182 valence electrons. The van der Waals surface area contributed by atoms with E-state index in [4.69, 9.17) is 9.47 Å². The number of ketones is 1. The van der Waals surface area contributed by atoms with Crippen LogP contribution in [-0.4, -0.2) is 12.4 Å². The first-order valence-electron chi connectivity index (χ1n) is 13.0. The molecule has 3 aromatic carbocycles. The summed E-state index contributed by atoms with van der Waals surface area (Å²) in [4.78, 5) is 12.3. The Kier molecular flexibility index (Phi) is 10.5. The number of hydrogen-bond acceptors (Lipinski definition) is 3. The molecular formula is C31H40O3. The number of carbonyl (C=O) groups excluding carboxylic acids is 1. The third-order valence-electron chi connectivity index (χ3n) is 6.46. The lowest BCUT2D eigenvalue weighted by molar-refractivity contribution is 0.0963. The number of ether oxygens (including phenoxy) is 2. The average Bonchev–Trinajstić information content (AvgIpc) is 2.87. The number of Topliss-reactive ketones (excluding diaryl/α,β-unsaturated/α-hetero) is 1. The van der Waals surface area contributed by atoms with E-state index >= 15 is 0 Å². The summed E-state index contributed by atoms with van der Waals surface area (Å²) in [6.07, 6.45) is 9.24. The maximum absolute atomic E-state index is 12.3. The molecule has 0 aromatic heterocycles. The number of fused-ring (bicyclic) bond motifs is 1. The molecule has 0 fully saturated rings. The Balaban J connectivity index is 1.48. The second-order valence-electron chi connectivity index (χ2n) is 9.41. The fourth-order valence-electron chi connectivity index (χ4n) is 3.99. The third kappa shape index (κ3) is 8.20. The zero-order valence-electron chi connectivity index (χ0n) is 21.1. The van der Waals surface area contributed by atoms with Crippen LogP contribution in [0.2, 0.25) is 0 Å². The van der Waals surface area contributed by atoms with Crippen molar-refractivity contribution < 1.29 is 14.3 Å². The molecule has 3 rings (SSSR count). The van der Waals surface area contributed by atoms with Gasteiger partial charge >= 0.3 is 0 Å². The van der Waals surface area contributed by atoms with Crippen LogP contribution >= 0.6 is 0 Å². The first-order chi connectivity index (χ1) is 16.6. The van der Waals surface area contributed by atoms with Crippen molar-refractivity contribution in [1.82, 2.24) is 0 Å². The molecule has 0 saturated heterocycles. The molecule has 3 heteroatoms. The van der Waals surface area contributed by atoms with Gasteiger partial charge in [0.05, 0.1) is 6.61 Å². The highest BCUT2D eigenvalue weighted by molar-refractivity contribution is 5.96. The Morgan fingerprint density at radius 2 is 1.38 bits per heavy atom. The molecule has 0 amide bonds. The first-order valence-corrected chi connectivity index (χ1v) is 13.0. The van der Waals surface area contributed by atoms with E-state index in [0.717, 1.165) is 52.8 Å². The topological polar surface area (TPSA) is 35.5 Å². The van der Waals surface area contributed by atoms with Crippen molar-refractivity contribution in [3.63, 3.8) is 0 Å². The number of carbonyl (C=O) groups is 1. The summed E-state index contributed by atoms with van der Waals surface area (Å²) in [6.45, 7) is 7.74. The van der Waals surface area contributed by atoms with E-state index in [2.05, 4.69) is 45.0 Å². The number of unbranched alkanes of at least 4 members (excludes halogenated alkanes) is 5.